The van der Waals surface area contributed by atoms with Crippen LogP contribution in [0.1, 0.15) is 40.9 Å². The van der Waals surface area contributed by atoms with Gasteiger partial charge in [0.2, 0.25) is 0 Å². The first-order chi connectivity index (χ1) is 18.2. The van der Waals surface area contributed by atoms with E-state index in [1.165, 1.54) is 25.8 Å². The molecular weight excluding hydrogens is 495 g/mol. The number of fused-ring (bicyclic) bond motifs is 1. The third kappa shape index (κ3) is 4.71. The van der Waals surface area contributed by atoms with Crippen LogP contribution in [0, 0.1) is 12.3 Å². The number of nitrogen functional groups attached to an aromatic ring is 1. The number of alkyl halides is 3. The molecule has 11 heteroatoms. The first-order valence-corrected chi connectivity index (χ1v) is 13.3. The quantitative estimate of drug-likeness (QED) is 0.525. The molecule has 0 aliphatic carbocycles. The van der Waals surface area contributed by atoms with Crippen LogP contribution in [0.25, 0.3) is 5.65 Å². The van der Waals surface area contributed by atoms with Gasteiger partial charge in [0.05, 0.1) is 35.9 Å². The van der Waals surface area contributed by atoms with E-state index < -0.39 is 11.7 Å². The van der Waals surface area contributed by atoms with Crippen LogP contribution in [0.2, 0.25) is 0 Å². The van der Waals surface area contributed by atoms with Crippen LogP contribution < -0.4 is 16.0 Å². The Labute approximate surface area is 219 Å². The number of rotatable bonds is 5. The molecule has 3 fully saturated rings. The van der Waals surface area contributed by atoms with Gasteiger partial charge in [-0.25, -0.2) is 9.50 Å². The summed E-state index contributed by atoms with van der Waals surface area (Å²) in [7, 11) is 0. The molecule has 8 nitrogen and oxygen atoms in total. The summed E-state index contributed by atoms with van der Waals surface area (Å²) >= 11 is 0. The van der Waals surface area contributed by atoms with E-state index in [1.807, 2.05) is 6.07 Å². The number of aromatic nitrogens is 3. The highest BCUT2D eigenvalue weighted by Gasteiger charge is 2.43. The standard InChI is InChI=1S/C27H34F3N7O/c1-18-19(4-2-5-20(18)27(28,29)30)12-23-22(14-35-16-26(17-35)6-3-7-32-15-26)33-25-21(31)13-24(34-37(23)25)36-8-10-38-11-9-36/h2,4-5,13,32H,3,6-12,14-17,31H2,1H3. The fourth-order valence-corrected chi connectivity index (χ4v) is 6.26. The molecule has 0 saturated carbocycles. The summed E-state index contributed by atoms with van der Waals surface area (Å²) < 4.78 is 48.3. The zero-order valence-corrected chi connectivity index (χ0v) is 21.7. The lowest BCUT2D eigenvalue weighted by Gasteiger charge is -2.52. The second kappa shape index (κ2) is 9.69. The van der Waals surface area contributed by atoms with Gasteiger partial charge in [0.1, 0.15) is 0 Å². The molecule has 204 valence electrons. The van der Waals surface area contributed by atoms with Crippen LogP contribution in [-0.2, 0) is 23.9 Å². The van der Waals surface area contributed by atoms with Crippen LogP contribution >= 0.6 is 0 Å². The predicted molar refractivity (Wildman–Crippen MR) is 139 cm³/mol. The topological polar surface area (TPSA) is 84.0 Å². The van der Waals surface area contributed by atoms with Gasteiger partial charge in [-0.05, 0) is 43.5 Å². The number of ether oxygens (including phenoxy) is 1. The maximum absolute atomic E-state index is 13.7. The lowest BCUT2D eigenvalue weighted by Crippen LogP contribution is -2.61. The SMILES string of the molecule is Cc1c(Cc2c(CN3CC4(CCCNC4)C3)nc3c(N)cc(N4CCOCC4)nn23)cccc1C(F)(F)F. The number of piperidine rings is 1. The summed E-state index contributed by atoms with van der Waals surface area (Å²) in [6.07, 6.45) is -1.72. The zero-order valence-electron chi connectivity index (χ0n) is 21.7. The van der Waals surface area contributed by atoms with Crippen LogP contribution in [0.15, 0.2) is 24.3 Å². The lowest BCUT2D eigenvalue weighted by atomic mass is 9.74. The van der Waals surface area contributed by atoms with Crippen molar-refractivity contribution < 1.29 is 17.9 Å². The highest BCUT2D eigenvalue weighted by Crippen LogP contribution is 2.38. The molecule has 3 aliphatic heterocycles. The number of likely N-dealkylation sites (tertiary alicyclic amines) is 1. The van der Waals surface area contributed by atoms with E-state index in [2.05, 4.69) is 15.1 Å². The van der Waals surface area contributed by atoms with E-state index in [1.54, 1.807) is 10.6 Å². The third-order valence-corrected chi connectivity index (χ3v) is 8.27. The van der Waals surface area contributed by atoms with Gasteiger partial charge < -0.3 is 20.7 Å². The minimum Gasteiger partial charge on any atom is -0.396 e. The van der Waals surface area contributed by atoms with Crippen molar-refractivity contribution in [2.75, 3.05) is 63.1 Å². The van der Waals surface area contributed by atoms with Gasteiger partial charge in [-0.1, -0.05) is 12.1 Å². The minimum absolute atomic E-state index is 0.231. The van der Waals surface area contributed by atoms with Gasteiger partial charge in [-0.15, -0.1) is 5.10 Å². The Kier molecular flexibility index (Phi) is 6.48. The summed E-state index contributed by atoms with van der Waals surface area (Å²) in [4.78, 5) is 9.39. The molecule has 3 aliphatic rings. The summed E-state index contributed by atoms with van der Waals surface area (Å²) in [6.45, 7) is 8.84. The largest absolute Gasteiger partial charge is 0.416 e. The average Bonchev–Trinajstić information content (AvgIpc) is 3.22. The Morgan fingerprint density at radius 2 is 1.97 bits per heavy atom. The molecule has 1 aromatic carbocycles. The van der Waals surface area contributed by atoms with Crippen LogP contribution in [0.4, 0.5) is 24.7 Å². The Bertz CT molecular complexity index is 1320. The summed E-state index contributed by atoms with van der Waals surface area (Å²) in [5.41, 5.74) is 9.69. The molecule has 1 spiro atoms. The molecular formula is C27H34F3N7O. The monoisotopic (exact) mass is 529 g/mol. The van der Waals surface area contributed by atoms with E-state index >= 15 is 0 Å². The molecule has 3 N–H and O–H groups in total. The van der Waals surface area contributed by atoms with E-state index in [9.17, 15) is 13.2 Å². The number of anilines is 2. The number of halogens is 3. The number of morpholine rings is 1. The second-order valence-corrected chi connectivity index (χ2v) is 11.0. The summed E-state index contributed by atoms with van der Waals surface area (Å²) in [5.74, 6) is 0.723. The van der Waals surface area contributed by atoms with Gasteiger partial charge in [-0.2, -0.15) is 13.2 Å². The van der Waals surface area contributed by atoms with Gasteiger partial charge in [0, 0.05) is 57.2 Å². The molecule has 3 aromatic rings. The first-order valence-electron chi connectivity index (χ1n) is 13.3. The molecule has 0 radical (unpaired) electrons. The van der Waals surface area contributed by atoms with Crippen molar-refractivity contribution in [3.05, 3.63) is 52.3 Å². The van der Waals surface area contributed by atoms with E-state index in [0.717, 1.165) is 49.5 Å². The van der Waals surface area contributed by atoms with Gasteiger partial charge in [0.25, 0.3) is 0 Å². The average molecular weight is 530 g/mol. The number of nitrogens with zero attached hydrogens (tertiary/aromatic N) is 5. The molecule has 0 unspecified atom stereocenters. The molecule has 0 atom stereocenters. The van der Waals surface area contributed by atoms with Crippen molar-refractivity contribution >= 4 is 17.2 Å². The molecule has 0 bridgehead atoms. The molecule has 6 rings (SSSR count). The number of benzene rings is 1. The predicted octanol–water partition coefficient (Wildman–Crippen LogP) is 3.25. The molecule has 38 heavy (non-hydrogen) atoms. The van der Waals surface area contributed by atoms with Gasteiger partial charge in [-0.3, -0.25) is 4.90 Å². The molecule has 0 amide bonds. The third-order valence-electron chi connectivity index (χ3n) is 8.27. The van der Waals surface area contributed by atoms with Crippen molar-refractivity contribution in [2.24, 2.45) is 5.41 Å². The number of nitrogens with one attached hydrogen (secondary N) is 1. The maximum atomic E-state index is 13.7. The summed E-state index contributed by atoms with van der Waals surface area (Å²) in [5, 5.41) is 8.42. The summed E-state index contributed by atoms with van der Waals surface area (Å²) in [6, 6.07) is 6.21. The highest BCUT2D eigenvalue weighted by molar-refractivity contribution is 5.69. The maximum Gasteiger partial charge on any atom is 0.416 e. The van der Waals surface area contributed by atoms with Crippen molar-refractivity contribution in [3.8, 4) is 0 Å². The second-order valence-electron chi connectivity index (χ2n) is 11.0. The lowest BCUT2D eigenvalue weighted by molar-refractivity contribution is -0.138. The molecule has 2 aromatic heterocycles. The van der Waals surface area contributed by atoms with Crippen molar-refractivity contribution in [1.29, 1.82) is 0 Å². The number of hydrogen-bond acceptors (Lipinski definition) is 7. The van der Waals surface area contributed by atoms with E-state index in [0.29, 0.717) is 55.2 Å². The normalized spacial score (nSPS) is 20.3. The van der Waals surface area contributed by atoms with Crippen LogP contribution in [0.5, 0.6) is 0 Å². The van der Waals surface area contributed by atoms with E-state index in [-0.39, 0.29) is 12.0 Å². The minimum atomic E-state index is -4.41. The van der Waals surface area contributed by atoms with Crippen LogP contribution in [0.3, 0.4) is 0 Å². The molecule has 3 saturated heterocycles. The number of hydrogen-bond donors (Lipinski definition) is 2. The Morgan fingerprint density at radius 1 is 1.18 bits per heavy atom. The van der Waals surface area contributed by atoms with Crippen molar-refractivity contribution in [1.82, 2.24) is 24.8 Å². The van der Waals surface area contributed by atoms with Crippen molar-refractivity contribution in [3.63, 3.8) is 0 Å². The number of imidazole rings is 1. The first kappa shape index (κ1) is 25.4. The van der Waals surface area contributed by atoms with Gasteiger partial charge >= 0.3 is 6.18 Å². The Hall–Kier alpha value is -2.89. The van der Waals surface area contributed by atoms with E-state index in [4.69, 9.17) is 20.6 Å². The van der Waals surface area contributed by atoms with Crippen LogP contribution in [-0.4, -0.2) is 72.0 Å². The highest BCUT2D eigenvalue weighted by atomic mass is 19.4. The number of nitrogens with two attached hydrogens (primary N) is 1. The fraction of sp³-hybridized carbons (Fsp3) is 0.556. The fourth-order valence-electron chi connectivity index (χ4n) is 6.26. The Morgan fingerprint density at radius 3 is 2.68 bits per heavy atom. The zero-order chi connectivity index (χ0) is 26.5. The Balaban J connectivity index is 1.38. The van der Waals surface area contributed by atoms with Gasteiger partial charge in [0.15, 0.2) is 11.5 Å². The van der Waals surface area contributed by atoms with Crippen molar-refractivity contribution in [2.45, 2.75) is 38.9 Å². The smallest absolute Gasteiger partial charge is 0.396 e. The molecule has 5 heterocycles.